The highest BCUT2D eigenvalue weighted by molar-refractivity contribution is 6.02. The SMILES string of the molecule is O=C(CCC(=O)N1CCC[C@H]1C(=O)N1CCC[C@H]1C(=O)ON1C(=O)CCC1=O)CNC(=O)CCC(=O)N1Cc2ccccc2C#Cc2ccccc21. The number of hydroxylamine groups is 2. The van der Waals surface area contributed by atoms with Crippen molar-refractivity contribution in [3.05, 3.63) is 65.2 Å². The van der Waals surface area contributed by atoms with Crippen LogP contribution < -0.4 is 10.2 Å². The van der Waals surface area contributed by atoms with E-state index in [-0.39, 0.29) is 63.3 Å². The Hall–Kier alpha value is -5.84. The number of para-hydroxylation sites is 1. The van der Waals surface area contributed by atoms with E-state index in [1.54, 1.807) is 4.90 Å². The van der Waals surface area contributed by atoms with Crippen molar-refractivity contribution in [1.82, 2.24) is 20.2 Å². The summed E-state index contributed by atoms with van der Waals surface area (Å²) >= 11 is 0. The Labute approximate surface area is 300 Å². The van der Waals surface area contributed by atoms with Gasteiger partial charge in [-0.2, -0.15) is 0 Å². The number of carbonyl (C=O) groups is 8. The molecule has 6 rings (SSSR count). The Bertz CT molecular complexity index is 1860. The number of imide groups is 1. The molecule has 2 aromatic carbocycles. The molecule has 0 radical (unpaired) electrons. The molecule has 0 saturated carbocycles. The van der Waals surface area contributed by atoms with Crippen LogP contribution in [0.25, 0.3) is 0 Å². The van der Waals surface area contributed by atoms with Crippen LogP contribution in [0.1, 0.15) is 80.9 Å². The zero-order valence-corrected chi connectivity index (χ0v) is 28.6. The number of carbonyl (C=O) groups excluding carboxylic acids is 8. The number of nitrogens with zero attached hydrogens (tertiary/aromatic N) is 4. The largest absolute Gasteiger partial charge is 0.355 e. The molecule has 2 atom stereocenters. The molecule has 3 fully saturated rings. The summed E-state index contributed by atoms with van der Waals surface area (Å²) in [5.74, 6) is 2.28. The maximum absolute atomic E-state index is 13.5. The van der Waals surface area contributed by atoms with Crippen LogP contribution in [0.15, 0.2) is 48.5 Å². The molecule has 52 heavy (non-hydrogen) atoms. The summed E-state index contributed by atoms with van der Waals surface area (Å²) in [7, 11) is 0. The molecule has 4 aliphatic rings. The molecule has 0 aromatic heterocycles. The van der Waals surface area contributed by atoms with E-state index in [2.05, 4.69) is 17.2 Å². The zero-order valence-electron chi connectivity index (χ0n) is 28.6. The Kier molecular flexibility index (Phi) is 11.1. The van der Waals surface area contributed by atoms with Crippen molar-refractivity contribution >= 4 is 52.9 Å². The fourth-order valence-electron chi connectivity index (χ4n) is 6.92. The lowest BCUT2D eigenvalue weighted by Gasteiger charge is -2.31. The number of hydrogen-bond acceptors (Lipinski definition) is 9. The van der Waals surface area contributed by atoms with E-state index in [1.807, 2.05) is 48.5 Å². The van der Waals surface area contributed by atoms with Gasteiger partial charge in [-0.05, 0) is 49.4 Å². The van der Waals surface area contributed by atoms with E-state index in [9.17, 15) is 38.4 Å². The number of ketones is 1. The molecule has 1 N–H and O–H groups in total. The highest BCUT2D eigenvalue weighted by atomic mass is 16.7. The molecule has 4 aliphatic heterocycles. The van der Waals surface area contributed by atoms with Gasteiger partial charge in [0.1, 0.15) is 12.1 Å². The number of hydrogen-bond donors (Lipinski definition) is 1. The van der Waals surface area contributed by atoms with Gasteiger partial charge in [0, 0.05) is 62.7 Å². The van der Waals surface area contributed by atoms with E-state index in [0.717, 1.165) is 11.1 Å². The van der Waals surface area contributed by atoms with Crippen molar-refractivity contribution in [1.29, 1.82) is 0 Å². The van der Waals surface area contributed by atoms with E-state index < -0.39 is 47.6 Å². The second-order valence-electron chi connectivity index (χ2n) is 13.1. The van der Waals surface area contributed by atoms with Crippen molar-refractivity contribution < 1.29 is 43.2 Å². The minimum Gasteiger partial charge on any atom is -0.349 e. The summed E-state index contributed by atoms with van der Waals surface area (Å²) in [5.41, 5.74) is 3.08. The summed E-state index contributed by atoms with van der Waals surface area (Å²) in [6, 6.07) is 13.1. The molecule has 0 bridgehead atoms. The fraction of sp³-hybridized carbons (Fsp3) is 0.421. The van der Waals surface area contributed by atoms with Gasteiger partial charge in [-0.15, -0.1) is 5.06 Å². The lowest BCUT2D eigenvalue weighted by atomic mass is 10.0. The first kappa shape index (κ1) is 36.0. The van der Waals surface area contributed by atoms with Crippen LogP contribution in [-0.2, 0) is 49.7 Å². The molecule has 3 saturated heterocycles. The lowest BCUT2D eigenvalue weighted by molar-refractivity contribution is -0.201. The number of anilines is 1. The molecule has 270 valence electrons. The minimum absolute atomic E-state index is 0.0457. The summed E-state index contributed by atoms with van der Waals surface area (Å²) in [4.78, 5) is 111. The maximum atomic E-state index is 13.5. The first-order valence-corrected chi connectivity index (χ1v) is 17.6. The standard InChI is InChI=1S/C38H39N5O9/c44-28(23-39-32(45)16-18-34(47)42-24-27-9-2-1-7-25(27)13-14-26-8-3-4-10-29(26)42)15-17-33(46)40-21-5-11-30(40)37(50)41-22-6-12-31(41)38(51)52-43-35(48)19-20-36(43)49/h1-4,7-10,30-31H,5-6,11-12,15-24H2,(H,39,45)/t30-,31-/m0/s1. The number of nitrogens with one attached hydrogen (secondary N) is 1. The summed E-state index contributed by atoms with van der Waals surface area (Å²) in [6.07, 6.45) is 1.12. The van der Waals surface area contributed by atoms with Gasteiger partial charge in [0.2, 0.25) is 23.6 Å². The fourth-order valence-corrected chi connectivity index (χ4v) is 6.92. The van der Waals surface area contributed by atoms with Crippen LogP contribution in [-0.4, -0.2) is 93.8 Å². The van der Waals surface area contributed by atoms with Crippen LogP contribution in [0.3, 0.4) is 0 Å². The van der Waals surface area contributed by atoms with Crippen molar-refractivity contribution in [3.8, 4) is 11.8 Å². The summed E-state index contributed by atoms with van der Waals surface area (Å²) < 4.78 is 0. The normalized spacial score (nSPS) is 19.2. The molecule has 0 aliphatic carbocycles. The van der Waals surface area contributed by atoms with Crippen molar-refractivity contribution in [2.24, 2.45) is 0 Å². The second kappa shape index (κ2) is 16.0. The number of rotatable bonds is 11. The smallest absolute Gasteiger partial charge is 0.349 e. The van der Waals surface area contributed by atoms with Gasteiger partial charge in [-0.3, -0.25) is 33.6 Å². The van der Waals surface area contributed by atoms with E-state index in [4.69, 9.17) is 4.84 Å². The first-order valence-electron chi connectivity index (χ1n) is 17.6. The predicted octanol–water partition coefficient (Wildman–Crippen LogP) is 1.77. The number of benzene rings is 2. The molecule has 2 aromatic rings. The number of amides is 6. The second-order valence-corrected chi connectivity index (χ2v) is 13.1. The van der Waals surface area contributed by atoms with Crippen LogP contribution >= 0.6 is 0 Å². The van der Waals surface area contributed by atoms with Crippen LogP contribution in [0.4, 0.5) is 5.69 Å². The monoisotopic (exact) mass is 709 g/mol. The van der Waals surface area contributed by atoms with E-state index >= 15 is 0 Å². The maximum Gasteiger partial charge on any atom is 0.355 e. The molecule has 0 unspecified atom stereocenters. The lowest BCUT2D eigenvalue weighted by Crippen LogP contribution is -2.52. The molecule has 14 nitrogen and oxygen atoms in total. The average Bonchev–Trinajstić information content (AvgIpc) is 3.91. The van der Waals surface area contributed by atoms with Gasteiger partial charge < -0.3 is 24.9 Å². The van der Waals surface area contributed by atoms with Gasteiger partial charge in [0.25, 0.3) is 11.8 Å². The molecule has 4 heterocycles. The third kappa shape index (κ3) is 8.04. The summed E-state index contributed by atoms with van der Waals surface area (Å²) in [6.45, 7) is 0.564. The molecular weight excluding hydrogens is 670 g/mol. The van der Waals surface area contributed by atoms with Crippen LogP contribution in [0, 0.1) is 11.8 Å². The minimum atomic E-state index is -0.984. The quantitative estimate of drug-likeness (QED) is 0.270. The molecular formula is C38H39N5O9. The Morgan fingerprint density at radius 3 is 2.13 bits per heavy atom. The van der Waals surface area contributed by atoms with Crippen molar-refractivity contribution in [2.75, 3.05) is 24.5 Å². The topological polar surface area (TPSA) is 171 Å². The highest BCUT2D eigenvalue weighted by Gasteiger charge is 2.44. The molecule has 6 amide bonds. The number of likely N-dealkylation sites (tertiary alicyclic amines) is 2. The van der Waals surface area contributed by atoms with Crippen molar-refractivity contribution in [3.63, 3.8) is 0 Å². The van der Waals surface area contributed by atoms with Gasteiger partial charge >= 0.3 is 5.97 Å². The highest BCUT2D eigenvalue weighted by Crippen LogP contribution is 2.28. The Morgan fingerprint density at radius 2 is 1.37 bits per heavy atom. The van der Waals surface area contributed by atoms with Crippen LogP contribution in [0.2, 0.25) is 0 Å². The number of fused-ring (bicyclic) bond motifs is 2. The average molecular weight is 710 g/mol. The third-order valence-corrected chi connectivity index (χ3v) is 9.69. The van der Waals surface area contributed by atoms with Gasteiger partial charge in [-0.25, -0.2) is 4.79 Å². The van der Waals surface area contributed by atoms with E-state index in [0.29, 0.717) is 55.1 Å². The number of Topliss-reactive ketones (excluding diaryl/α,β-unsaturated/α-hetero) is 1. The third-order valence-electron chi connectivity index (χ3n) is 9.69. The zero-order chi connectivity index (χ0) is 36.8. The van der Waals surface area contributed by atoms with Crippen LogP contribution in [0.5, 0.6) is 0 Å². The van der Waals surface area contributed by atoms with Gasteiger partial charge in [0.05, 0.1) is 18.8 Å². The Balaban J connectivity index is 0.954. The Morgan fingerprint density at radius 1 is 0.731 bits per heavy atom. The first-order chi connectivity index (χ1) is 25.1. The van der Waals surface area contributed by atoms with Crippen molar-refractivity contribution in [2.45, 2.75) is 82.8 Å². The van der Waals surface area contributed by atoms with E-state index in [1.165, 1.54) is 9.80 Å². The molecule has 14 heteroatoms. The summed E-state index contributed by atoms with van der Waals surface area (Å²) in [5, 5.41) is 3.00. The predicted molar refractivity (Wildman–Crippen MR) is 183 cm³/mol. The molecule has 0 spiro atoms. The van der Waals surface area contributed by atoms with Gasteiger partial charge in [0.15, 0.2) is 5.78 Å². The van der Waals surface area contributed by atoms with Gasteiger partial charge in [-0.1, -0.05) is 42.2 Å².